The average Bonchev–Trinajstić information content (AvgIpc) is 3.64. The predicted molar refractivity (Wildman–Crippen MR) is 140 cm³/mol. The summed E-state index contributed by atoms with van der Waals surface area (Å²) in [5.74, 6) is 0. The molecule has 0 radical (unpaired) electrons. The Morgan fingerprint density at radius 2 is 1.26 bits per heavy atom. The highest BCUT2D eigenvalue weighted by Gasteiger charge is 2.54. The van der Waals surface area contributed by atoms with Crippen LogP contribution >= 0.6 is 0 Å². The molecule has 1 aliphatic carbocycles. The number of alkyl halides is 1. The van der Waals surface area contributed by atoms with Crippen LogP contribution in [0.4, 0.5) is 4.39 Å². The molecule has 5 fully saturated rings. The van der Waals surface area contributed by atoms with Crippen LogP contribution in [0.5, 0.6) is 0 Å². The fourth-order valence-electron chi connectivity index (χ4n) is 8.09. The van der Waals surface area contributed by atoms with Crippen LogP contribution in [-0.4, -0.2) is 104 Å². The largest absolute Gasteiger partial charge is 0.306 e. The van der Waals surface area contributed by atoms with E-state index in [4.69, 9.17) is 0 Å². The van der Waals surface area contributed by atoms with Crippen LogP contribution in [0.25, 0.3) is 0 Å². The van der Waals surface area contributed by atoms with Crippen molar-refractivity contribution in [2.45, 2.75) is 95.7 Å². The van der Waals surface area contributed by atoms with Crippen LogP contribution in [-0.2, 0) is 0 Å². The zero-order valence-electron chi connectivity index (χ0n) is 23.0. The molecule has 0 aromatic heterocycles. The number of piperidine rings is 4. The molecule has 1 saturated carbocycles. The normalized spacial score (nSPS) is 34.2. The van der Waals surface area contributed by atoms with Gasteiger partial charge in [0, 0.05) is 24.2 Å². The highest BCUT2D eigenvalue weighted by atomic mass is 19.1. The van der Waals surface area contributed by atoms with Crippen molar-refractivity contribution in [3.63, 3.8) is 0 Å². The van der Waals surface area contributed by atoms with Gasteiger partial charge in [-0.05, 0) is 142 Å². The van der Waals surface area contributed by atoms with Gasteiger partial charge in [0.1, 0.15) is 6.67 Å². The summed E-state index contributed by atoms with van der Waals surface area (Å²) in [5, 5.41) is 9.95. The van der Waals surface area contributed by atoms with Gasteiger partial charge in [0.15, 0.2) is 0 Å². The number of hydrogen-bond acceptors (Lipinski definition) is 5. The van der Waals surface area contributed by atoms with Gasteiger partial charge < -0.3 is 9.80 Å². The van der Waals surface area contributed by atoms with Gasteiger partial charge in [0.05, 0.1) is 11.5 Å². The Kier molecular flexibility index (Phi) is 7.05. The first kappa shape index (κ1) is 25.9. The fraction of sp³-hybridized carbons (Fsp3) is 0.966. The van der Waals surface area contributed by atoms with Crippen LogP contribution in [0.15, 0.2) is 0 Å². The van der Waals surface area contributed by atoms with Crippen molar-refractivity contribution in [2.24, 2.45) is 16.2 Å². The van der Waals surface area contributed by atoms with E-state index in [2.05, 4.69) is 53.6 Å². The van der Waals surface area contributed by atoms with Crippen molar-refractivity contribution < 1.29 is 4.39 Å². The number of halogens is 1. The quantitative estimate of drug-likeness (QED) is 0.575. The average molecular weight is 488 g/mol. The third-order valence-corrected chi connectivity index (χ3v) is 11.2. The lowest BCUT2D eigenvalue weighted by Crippen LogP contribution is -2.66. The smallest absolute Gasteiger partial charge is 0.107 e. The van der Waals surface area contributed by atoms with Crippen molar-refractivity contribution in [3.05, 3.63) is 0 Å². The lowest BCUT2D eigenvalue weighted by Gasteiger charge is -2.60. The third-order valence-electron chi connectivity index (χ3n) is 11.2. The van der Waals surface area contributed by atoms with Crippen molar-refractivity contribution in [1.82, 2.24) is 19.6 Å². The van der Waals surface area contributed by atoms with Crippen LogP contribution in [0.2, 0.25) is 0 Å². The molecule has 5 nitrogen and oxygen atoms in total. The van der Waals surface area contributed by atoms with Gasteiger partial charge in [-0.25, -0.2) is 4.39 Å². The minimum absolute atomic E-state index is 0.115. The molecule has 2 spiro atoms. The Labute approximate surface area is 214 Å². The highest BCUT2D eigenvalue weighted by molar-refractivity contribution is 5.14. The molecule has 0 N–H and O–H groups in total. The number of nitriles is 1. The Morgan fingerprint density at radius 3 is 1.74 bits per heavy atom. The second kappa shape index (κ2) is 9.53. The van der Waals surface area contributed by atoms with E-state index >= 15 is 0 Å². The van der Waals surface area contributed by atoms with Crippen molar-refractivity contribution in [2.75, 3.05) is 66.6 Å². The second-order valence-corrected chi connectivity index (χ2v) is 14.2. The minimum atomic E-state index is -0.423. The van der Waals surface area contributed by atoms with Gasteiger partial charge >= 0.3 is 0 Å². The van der Waals surface area contributed by atoms with E-state index in [1.807, 2.05) is 0 Å². The lowest BCUT2D eigenvalue weighted by atomic mass is 9.63. The molecule has 2 unspecified atom stereocenters. The topological polar surface area (TPSA) is 36.8 Å². The molecule has 0 aromatic rings. The van der Waals surface area contributed by atoms with Gasteiger partial charge in [-0.15, -0.1) is 0 Å². The van der Waals surface area contributed by atoms with E-state index in [0.29, 0.717) is 22.9 Å². The predicted octanol–water partition coefficient (Wildman–Crippen LogP) is 4.39. The summed E-state index contributed by atoms with van der Waals surface area (Å²) in [6.07, 6.45) is 12.2. The molecule has 5 aliphatic rings. The van der Waals surface area contributed by atoms with E-state index < -0.39 is 5.54 Å². The summed E-state index contributed by atoms with van der Waals surface area (Å²) in [7, 11) is 4.52. The van der Waals surface area contributed by atoms with Gasteiger partial charge in [-0.1, -0.05) is 0 Å². The summed E-state index contributed by atoms with van der Waals surface area (Å²) in [6.45, 7) is 11.8. The van der Waals surface area contributed by atoms with Crippen LogP contribution < -0.4 is 0 Å². The van der Waals surface area contributed by atoms with Crippen LogP contribution in [0.3, 0.4) is 0 Å². The zero-order valence-corrected chi connectivity index (χ0v) is 23.0. The third kappa shape index (κ3) is 5.17. The Bertz CT molecular complexity index is 785. The molecule has 4 heterocycles. The highest BCUT2D eigenvalue weighted by Crippen LogP contribution is 2.53. The minimum Gasteiger partial charge on any atom is -0.306 e. The molecular formula is C29H50FN5. The molecule has 0 bridgehead atoms. The fourth-order valence-corrected chi connectivity index (χ4v) is 8.09. The number of rotatable bonds is 5. The molecular weight excluding hydrogens is 437 g/mol. The molecule has 35 heavy (non-hydrogen) atoms. The van der Waals surface area contributed by atoms with Crippen molar-refractivity contribution in [3.8, 4) is 6.07 Å². The van der Waals surface area contributed by atoms with Crippen LogP contribution in [0.1, 0.15) is 78.1 Å². The molecule has 2 atom stereocenters. The Morgan fingerprint density at radius 1 is 0.771 bits per heavy atom. The van der Waals surface area contributed by atoms with Gasteiger partial charge in [0.2, 0.25) is 0 Å². The maximum atomic E-state index is 14.5. The number of likely N-dealkylation sites (tertiary alicyclic amines) is 4. The van der Waals surface area contributed by atoms with Crippen LogP contribution in [0, 0.1) is 27.6 Å². The molecule has 198 valence electrons. The monoisotopic (exact) mass is 487 g/mol. The van der Waals surface area contributed by atoms with E-state index in [-0.39, 0.29) is 12.1 Å². The zero-order chi connectivity index (χ0) is 24.9. The summed E-state index contributed by atoms with van der Waals surface area (Å²) in [6, 6.07) is 3.52. The van der Waals surface area contributed by atoms with Gasteiger partial charge in [-0.2, -0.15) is 5.26 Å². The van der Waals surface area contributed by atoms with Crippen molar-refractivity contribution >= 4 is 0 Å². The first-order chi connectivity index (χ1) is 16.6. The molecule has 4 aliphatic heterocycles. The van der Waals surface area contributed by atoms with E-state index in [9.17, 15) is 9.65 Å². The SMILES string of the molecule is CN1CCC2(CC1)CCN(CC1(C#N)CC1)C(C1CC3(CCN(C)CC3)CCN1C(C)(C)CF)C2. The number of hydrogen-bond donors (Lipinski definition) is 0. The van der Waals surface area contributed by atoms with Crippen molar-refractivity contribution in [1.29, 1.82) is 5.26 Å². The lowest BCUT2D eigenvalue weighted by molar-refractivity contribution is -0.102. The maximum absolute atomic E-state index is 14.5. The Balaban J connectivity index is 1.46. The summed E-state index contributed by atoms with van der Waals surface area (Å²) in [4.78, 5) is 10.3. The maximum Gasteiger partial charge on any atom is 0.107 e. The van der Waals surface area contributed by atoms with E-state index in [1.54, 1.807) is 0 Å². The molecule has 5 rings (SSSR count). The standard InChI is InChI=1S/C29H50FN5/c1-26(2,21-30)35-18-12-28(9-15-33(4)16-10-28)20-25(35)24-19-27(7-13-32(3)14-8-27)11-17-34(24)23-29(22-31)5-6-29/h24-25H,5-21,23H2,1-4H3. The summed E-state index contributed by atoms with van der Waals surface area (Å²) in [5.41, 5.74) is 0.304. The second-order valence-electron chi connectivity index (χ2n) is 14.2. The van der Waals surface area contributed by atoms with E-state index in [0.717, 1.165) is 32.5 Å². The van der Waals surface area contributed by atoms with Gasteiger partial charge in [0.25, 0.3) is 0 Å². The first-order valence-electron chi connectivity index (χ1n) is 14.5. The number of nitrogens with zero attached hydrogens (tertiary/aromatic N) is 5. The molecule has 0 aromatic carbocycles. The molecule has 4 saturated heterocycles. The molecule has 0 amide bonds. The molecule has 6 heteroatoms. The first-order valence-corrected chi connectivity index (χ1v) is 14.5. The Hall–Kier alpha value is -0.740. The summed E-state index contributed by atoms with van der Waals surface area (Å²) < 4.78 is 14.5. The van der Waals surface area contributed by atoms with E-state index in [1.165, 1.54) is 77.5 Å². The summed E-state index contributed by atoms with van der Waals surface area (Å²) >= 11 is 0. The van der Waals surface area contributed by atoms with Gasteiger partial charge in [-0.3, -0.25) is 9.80 Å².